The van der Waals surface area contributed by atoms with Gasteiger partial charge >= 0.3 is 0 Å². The van der Waals surface area contributed by atoms with E-state index in [1.165, 1.54) is 0 Å². The molecule has 0 aliphatic carbocycles. The molecule has 20 heavy (non-hydrogen) atoms. The van der Waals surface area contributed by atoms with E-state index < -0.39 is 0 Å². The van der Waals surface area contributed by atoms with Crippen LogP contribution in [0, 0.1) is 0 Å². The van der Waals surface area contributed by atoms with Crippen LogP contribution in [0.25, 0.3) is 16.7 Å². The number of rotatable bonds is 3. The first kappa shape index (κ1) is 12.4. The fraction of sp³-hybridized carbons (Fsp3) is 0.125. The molecule has 0 bridgehead atoms. The third-order valence-corrected chi connectivity index (χ3v) is 3.35. The summed E-state index contributed by atoms with van der Waals surface area (Å²) in [4.78, 5) is 17.3. The summed E-state index contributed by atoms with van der Waals surface area (Å²) in [5.74, 6) is 0. The number of anilines is 1. The largest absolute Gasteiger partial charge is 0.378 e. The SMILES string of the molecule is CN(C)c1ccc(-n2cnc3ccc(C=O)cc32)cc1. The lowest BCUT2D eigenvalue weighted by Gasteiger charge is -2.13. The number of aromatic nitrogens is 2. The van der Waals surface area contributed by atoms with Crippen LogP contribution in [0.5, 0.6) is 0 Å². The molecular weight excluding hydrogens is 250 g/mol. The third kappa shape index (κ3) is 2.05. The van der Waals surface area contributed by atoms with Gasteiger partial charge in [-0.05, 0) is 42.5 Å². The van der Waals surface area contributed by atoms with Gasteiger partial charge < -0.3 is 4.90 Å². The van der Waals surface area contributed by atoms with Gasteiger partial charge in [0, 0.05) is 31.0 Å². The van der Waals surface area contributed by atoms with E-state index in [2.05, 4.69) is 22.0 Å². The molecule has 0 saturated heterocycles. The second kappa shape index (κ2) is 4.81. The van der Waals surface area contributed by atoms with E-state index in [9.17, 15) is 4.79 Å². The second-order valence-electron chi connectivity index (χ2n) is 4.89. The minimum atomic E-state index is 0.657. The van der Waals surface area contributed by atoms with E-state index in [1.54, 1.807) is 12.4 Å². The van der Waals surface area contributed by atoms with Gasteiger partial charge in [-0.2, -0.15) is 0 Å². The van der Waals surface area contributed by atoms with Crippen LogP contribution in [0.4, 0.5) is 5.69 Å². The van der Waals surface area contributed by atoms with Crippen LogP contribution in [0.1, 0.15) is 10.4 Å². The zero-order valence-electron chi connectivity index (χ0n) is 11.4. The molecule has 0 spiro atoms. The molecule has 4 nitrogen and oxygen atoms in total. The van der Waals surface area contributed by atoms with Crippen LogP contribution < -0.4 is 4.90 Å². The highest BCUT2D eigenvalue weighted by molar-refractivity contribution is 5.85. The van der Waals surface area contributed by atoms with Gasteiger partial charge in [-0.3, -0.25) is 9.36 Å². The Bertz CT molecular complexity index is 757. The summed E-state index contributed by atoms with van der Waals surface area (Å²) in [6, 6.07) is 13.7. The summed E-state index contributed by atoms with van der Waals surface area (Å²) in [7, 11) is 4.02. The highest BCUT2D eigenvalue weighted by Crippen LogP contribution is 2.21. The molecular formula is C16H15N3O. The molecule has 0 radical (unpaired) electrons. The minimum absolute atomic E-state index is 0.657. The smallest absolute Gasteiger partial charge is 0.150 e. The lowest BCUT2D eigenvalue weighted by Crippen LogP contribution is -2.08. The van der Waals surface area contributed by atoms with Gasteiger partial charge in [-0.15, -0.1) is 0 Å². The Hall–Kier alpha value is -2.62. The highest BCUT2D eigenvalue weighted by atomic mass is 16.1. The summed E-state index contributed by atoms with van der Waals surface area (Å²) in [5, 5.41) is 0. The lowest BCUT2D eigenvalue weighted by atomic mass is 10.2. The van der Waals surface area contributed by atoms with Crippen molar-refractivity contribution in [3.63, 3.8) is 0 Å². The van der Waals surface area contributed by atoms with Crippen LogP contribution >= 0.6 is 0 Å². The maximum absolute atomic E-state index is 10.9. The Kier molecular flexibility index (Phi) is 2.99. The fourth-order valence-corrected chi connectivity index (χ4v) is 2.22. The maximum Gasteiger partial charge on any atom is 0.150 e. The average molecular weight is 265 g/mol. The van der Waals surface area contributed by atoms with Crippen molar-refractivity contribution in [2.24, 2.45) is 0 Å². The number of imidazole rings is 1. The number of hydrogen-bond donors (Lipinski definition) is 0. The summed E-state index contributed by atoms with van der Waals surface area (Å²) >= 11 is 0. The second-order valence-corrected chi connectivity index (χ2v) is 4.89. The van der Waals surface area contributed by atoms with Crippen LogP contribution in [-0.2, 0) is 0 Å². The molecule has 0 N–H and O–H groups in total. The van der Waals surface area contributed by atoms with Gasteiger partial charge in [-0.25, -0.2) is 4.98 Å². The molecule has 0 amide bonds. The Morgan fingerprint density at radius 2 is 1.85 bits per heavy atom. The Balaban J connectivity index is 2.11. The van der Waals surface area contributed by atoms with Crippen molar-refractivity contribution in [1.29, 1.82) is 0 Å². The van der Waals surface area contributed by atoms with Crippen molar-refractivity contribution >= 4 is 23.0 Å². The number of carbonyl (C=O) groups excluding carboxylic acids is 1. The summed E-state index contributed by atoms with van der Waals surface area (Å²) in [6.45, 7) is 0. The molecule has 0 unspecified atom stereocenters. The summed E-state index contributed by atoms with van der Waals surface area (Å²) < 4.78 is 1.99. The van der Waals surface area contributed by atoms with Crippen molar-refractivity contribution < 1.29 is 4.79 Å². The monoisotopic (exact) mass is 265 g/mol. The Morgan fingerprint density at radius 1 is 1.10 bits per heavy atom. The zero-order valence-corrected chi connectivity index (χ0v) is 11.4. The number of fused-ring (bicyclic) bond motifs is 1. The van der Waals surface area contributed by atoms with Crippen LogP contribution in [-0.4, -0.2) is 29.9 Å². The van der Waals surface area contributed by atoms with Crippen molar-refractivity contribution in [3.8, 4) is 5.69 Å². The molecule has 0 saturated carbocycles. The van der Waals surface area contributed by atoms with Crippen molar-refractivity contribution in [1.82, 2.24) is 9.55 Å². The summed E-state index contributed by atoms with van der Waals surface area (Å²) in [5.41, 5.74) is 4.65. The topological polar surface area (TPSA) is 38.1 Å². The number of aldehydes is 1. The highest BCUT2D eigenvalue weighted by Gasteiger charge is 2.06. The molecule has 3 aromatic rings. The molecule has 2 aromatic carbocycles. The fourth-order valence-electron chi connectivity index (χ4n) is 2.22. The minimum Gasteiger partial charge on any atom is -0.378 e. The first-order valence-corrected chi connectivity index (χ1v) is 6.39. The number of hydrogen-bond acceptors (Lipinski definition) is 3. The van der Waals surface area contributed by atoms with E-state index in [0.717, 1.165) is 28.7 Å². The lowest BCUT2D eigenvalue weighted by molar-refractivity contribution is 0.112. The van der Waals surface area contributed by atoms with E-state index in [4.69, 9.17) is 0 Å². The van der Waals surface area contributed by atoms with Crippen LogP contribution in [0.15, 0.2) is 48.8 Å². The Labute approximate surface area is 117 Å². The molecule has 0 fully saturated rings. The van der Waals surface area contributed by atoms with Gasteiger partial charge in [-0.1, -0.05) is 0 Å². The average Bonchev–Trinajstić information content (AvgIpc) is 2.90. The number of carbonyl (C=O) groups is 1. The van der Waals surface area contributed by atoms with E-state index in [-0.39, 0.29) is 0 Å². The third-order valence-electron chi connectivity index (χ3n) is 3.35. The van der Waals surface area contributed by atoms with Crippen LogP contribution in [0.2, 0.25) is 0 Å². The molecule has 4 heteroatoms. The summed E-state index contributed by atoms with van der Waals surface area (Å²) in [6.07, 6.45) is 2.63. The molecule has 0 aliphatic heterocycles. The maximum atomic E-state index is 10.9. The van der Waals surface area contributed by atoms with Gasteiger partial charge in [0.15, 0.2) is 0 Å². The molecule has 100 valence electrons. The standard InChI is InChI=1S/C16H15N3O/c1-18(2)13-4-6-14(7-5-13)19-11-17-15-8-3-12(10-20)9-16(15)19/h3-11H,1-2H3. The molecule has 1 aromatic heterocycles. The van der Waals surface area contributed by atoms with Gasteiger partial charge in [0.25, 0.3) is 0 Å². The van der Waals surface area contributed by atoms with E-state index in [1.807, 2.05) is 42.9 Å². The van der Waals surface area contributed by atoms with Crippen molar-refractivity contribution in [3.05, 3.63) is 54.4 Å². The van der Waals surface area contributed by atoms with Gasteiger partial charge in [0.05, 0.1) is 11.0 Å². The number of benzene rings is 2. The van der Waals surface area contributed by atoms with Gasteiger partial charge in [0.1, 0.15) is 12.6 Å². The van der Waals surface area contributed by atoms with E-state index in [0.29, 0.717) is 5.56 Å². The van der Waals surface area contributed by atoms with E-state index >= 15 is 0 Å². The van der Waals surface area contributed by atoms with Crippen molar-refractivity contribution in [2.45, 2.75) is 0 Å². The Morgan fingerprint density at radius 3 is 2.50 bits per heavy atom. The quantitative estimate of drug-likeness (QED) is 0.683. The van der Waals surface area contributed by atoms with Gasteiger partial charge in [0.2, 0.25) is 0 Å². The number of nitrogens with zero attached hydrogens (tertiary/aromatic N) is 3. The van der Waals surface area contributed by atoms with Crippen molar-refractivity contribution in [2.75, 3.05) is 19.0 Å². The first-order chi connectivity index (χ1) is 9.69. The van der Waals surface area contributed by atoms with Crippen LogP contribution in [0.3, 0.4) is 0 Å². The normalized spacial score (nSPS) is 10.7. The predicted octanol–water partition coefficient (Wildman–Crippen LogP) is 2.90. The first-order valence-electron chi connectivity index (χ1n) is 6.39. The molecule has 0 atom stereocenters. The molecule has 0 aliphatic rings. The zero-order chi connectivity index (χ0) is 14.1. The molecule has 3 rings (SSSR count). The molecule has 1 heterocycles. The predicted molar refractivity (Wildman–Crippen MR) is 80.8 cm³/mol.